The van der Waals surface area contributed by atoms with Crippen LogP contribution in [0, 0.1) is 5.82 Å². The Morgan fingerprint density at radius 2 is 2.07 bits per heavy atom. The lowest BCUT2D eigenvalue weighted by atomic mass is 10.1. The summed E-state index contributed by atoms with van der Waals surface area (Å²) in [6, 6.07) is 6.95. The molecule has 0 spiro atoms. The van der Waals surface area contributed by atoms with Gasteiger partial charge in [0.1, 0.15) is 11.9 Å². The number of carboxylic acid groups (broad SMARTS) is 1. The molecule has 2 aliphatic rings. The van der Waals surface area contributed by atoms with E-state index in [1.165, 1.54) is 6.07 Å². The Labute approximate surface area is 169 Å². The van der Waals surface area contributed by atoms with E-state index in [1.54, 1.807) is 18.5 Å². The van der Waals surface area contributed by atoms with Crippen molar-refractivity contribution in [1.82, 2.24) is 9.88 Å². The minimum Gasteiger partial charge on any atom is -0.475 e. The zero-order chi connectivity index (χ0) is 21.7. The lowest BCUT2D eigenvalue weighted by molar-refractivity contribution is -0.192. The largest absolute Gasteiger partial charge is 0.490 e. The Kier molecular flexibility index (Phi) is 6.93. The molecule has 1 aliphatic carbocycles. The third-order valence-corrected chi connectivity index (χ3v) is 4.83. The van der Waals surface area contributed by atoms with Gasteiger partial charge in [0, 0.05) is 18.8 Å². The van der Waals surface area contributed by atoms with Crippen molar-refractivity contribution in [1.29, 1.82) is 0 Å². The lowest BCUT2D eigenvalue weighted by Gasteiger charge is -2.30. The number of halogens is 4. The Bertz CT molecular complexity index is 831. The molecule has 2 aromatic heterocycles. The number of hydrogen-bond donors (Lipinski definition) is 1. The van der Waals surface area contributed by atoms with Crippen LogP contribution in [0.15, 0.2) is 41.1 Å². The Morgan fingerprint density at radius 1 is 1.30 bits per heavy atom. The molecule has 11 heteroatoms. The zero-order valence-corrected chi connectivity index (χ0v) is 15.7. The molecule has 3 atom stereocenters. The van der Waals surface area contributed by atoms with Crippen molar-refractivity contribution in [2.45, 2.75) is 43.8 Å². The fourth-order valence-electron chi connectivity index (χ4n) is 3.51. The van der Waals surface area contributed by atoms with Gasteiger partial charge in [-0.25, -0.2) is 14.2 Å². The van der Waals surface area contributed by atoms with Crippen LogP contribution >= 0.6 is 0 Å². The maximum absolute atomic E-state index is 13.9. The van der Waals surface area contributed by atoms with Crippen LogP contribution in [0.25, 0.3) is 0 Å². The zero-order valence-electron chi connectivity index (χ0n) is 15.7. The molecule has 3 heterocycles. The van der Waals surface area contributed by atoms with E-state index in [-0.39, 0.29) is 24.1 Å². The summed E-state index contributed by atoms with van der Waals surface area (Å²) in [5, 5.41) is 7.12. The second kappa shape index (κ2) is 9.43. The fourth-order valence-corrected chi connectivity index (χ4v) is 3.51. The first-order valence-electron chi connectivity index (χ1n) is 9.21. The number of furan rings is 1. The van der Waals surface area contributed by atoms with E-state index in [9.17, 15) is 17.6 Å². The molecule has 2 aromatic rings. The smallest absolute Gasteiger partial charge is 0.475 e. The molecule has 1 N–H and O–H groups in total. The monoisotopic (exact) mass is 432 g/mol. The van der Waals surface area contributed by atoms with E-state index in [2.05, 4.69) is 9.88 Å². The summed E-state index contributed by atoms with van der Waals surface area (Å²) >= 11 is 0. The number of ether oxygens (including phenoxy) is 2. The van der Waals surface area contributed by atoms with Crippen molar-refractivity contribution in [2.24, 2.45) is 0 Å². The average molecular weight is 432 g/mol. The Hall–Kier alpha value is -2.66. The summed E-state index contributed by atoms with van der Waals surface area (Å²) in [6.07, 6.45) is -0.209. The Balaban J connectivity index is 0.000000318. The molecule has 30 heavy (non-hydrogen) atoms. The molecular weight excluding hydrogens is 412 g/mol. The third-order valence-electron chi connectivity index (χ3n) is 4.83. The van der Waals surface area contributed by atoms with Gasteiger partial charge < -0.3 is 19.0 Å². The van der Waals surface area contributed by atoms with E-state index < -0.39 is 18.0 Å². The van der Waals surface area contributed by atoms with Gasteiger partial charge in [0.2, 0.25) is 0 Å². The van der Waals surface area contributed by atoms with Crippen LogP contribution in [0.2, 0.25) is 0 Å². The van der Waals surface area contributed by atoms with Gasteiger partial charge in [0.15, 0.2) is 5.82 Å². The molecule has 0 radical (unpaired) electrons. The molecule has 3 unspecified atom stereocenters. The van der Waals surface area contributed by atoms with Gasteiger partial charge in [-0.15, -0.1) is 0 Å². The molecule has 2 bridgehead atoms. The predicted octanol–water partition coefficient (Wildman–Crippen LogP) is 3.26. The molecule has 164 valence electrons. The van der Waals surface area contributed by atoms with Crippen LogP contribution < -0.4 is 4.74 Å². The number of fused-ring (bicyclic) bond motifs is 2. The van der Waals surface area contributed by atoms with Gasteiger partial charge in [-0.05, 0) is 37.1 Å². The second-order valence-electron chi connectivity index (χ2n) is 6.78. The first-order valence-corrected chi connectivity index (χ1v) is 9.21. The number of hydrogen-bond acceptors (Lipinski definition) is 6. The number of carboxylic acids is 1. The minimum absolute atomic E-state index is 0.0111. The van der Waals surface area contributed by atoms with Gasteiger partial charge in [0.25, 0.3) is 5.88 Å². The molecule has 2 fully saturated rings. The Morgan fingerprint density at radius 3 is 2.70 bits per heavy atom. The van der Waals surface area contributed by atoms with Crippen molar-refractivity contribution in [3.05, 3.63) is 48.3 Å². The van der Waals surface area contributed by atoms with Crippen LogP contribution in [0.5, 0.6) is 5.88 Å². The van der Waals surface area contributed by atoms with Crippen LogP contribution in [-0.4, -0.2) is 58.5 Å². The summed E-state index contributed by atoms with van der Waals surface area (Å²) in [4.78, 5) is 15.2. The molecule has 0 amide bonds. The van der Waals surface area contributed by atoms with Crippen molar-refractivity contribution in [3.63, 3.8) is 0 Å². The number of carbonyl (C=O) groups is 1. The number of pyridine rings is 1. The van der Waals surface area contributed by atoms with Gasteiger partial charge >= 0.3 is 12.1 Å². The number of rotatable bonds is 4. The lowest BCUT2D eigenvalue weighted by Crippen LogP contribution is -2.44. The molecule has 0 aromatic carbocycles. The number of alkyl halides is 3. The summed E-state index contributed by atoms with van der Waals surface area (Å²) in [7, 11) is 0. The van der Waals surface area contributed by atoms with Crippen molar-refractivity contribution in [3.8, 4) is 5.88 Å². The van der Waals surface area contributed by atoms with Gasteiger partial charge in [-0.1, -0.05) is 0 Å². The van der Waals surface area contributed by atoms with E-state index >= 15 is 0 Å². The highest BCUT2D eigenvalue weighted by Crippen LogP contribution is 2.33. The van der Waals surface area contributed by atoms with Crippen molar-refractivity contribution < 1.29 is 41.4 Å². The number of aromatic nitrogens is 1. The number of aliphatic carboxylic acids is 1. The summed E-state index contributed by atoms with van der Waals surface area (Å²) in [5.74, 6) is -2.22. The van der Waals surface area contributed by atoms with Gasteiger partial charge in [-0.2, -0.15) is 13.2 Å². The van der Waals surface area contributed by atoms with E-state index in [0.29, 0.717) is 13.2 Å². The first kappa shape index (κ1) is 22.0. The highest BCUT2D eigenvalue weighted by atomic mass is 19.4. The van der Waals surface area contributed by atoms with Crippen molar-refractivity contribution >= 4 is 5.97 Å². The topological polar surface area (TPSA) is 85.0 Å². The minimum atomic E-state index is -5.08. The van der Waals surface area contributed by atoms with Crippen LogP contribution in [0.4, 0.5) is 17.6 Å². The standard InChI is InChI=1S/C17H19FN2O3.C2HF3O2/c18-13-4-1-7-19-17(13)23-16-14-5-6-15(16)22-10-8-20(14)11-12-3-2-9-21-12;3-2(4,5)1(6)7/h1-4,7,9,14-16H,5-6,8,10-11H2;(H,6,7). The maximum Gasteiger partial charge on any atom is 0.490 e. The SMILES string of the molecule is Fc1cccnc1OC1C2CCC1N(Cc1ccco1)CCO2.O=C(O)C(F)(F)F. The van der Waals surface area contributed by atoms with E-state index in [1.807, 2.05) is 12.1 Å². The summed E-state index contributed by atoms with van der Waals surface area (Å²) in [5.41, 5.74) is 0. The first-order chi connectivity index (χ1) is 14.3. The predicted molar refractivity (Wildman–Crippen MR) is 94.2 cm³/mol. The van der Waals surface area contributed by atoms with E-state index in [4.69, 9.17) is 23.8 Å². The molecule has 1 saturated heterocycles. The highest BCUT2D eigenvalue weighted by molar-refractivity contribution is 5.73. The molecular formula is C19H20F4N2O5. The van der Waals surface area contributed by atoms with Crippen LogP contribution in [0.1, 0.15) is 18.6 Å². The van der Waals surface area contributed by atoms with Crippen LogP contribution in [-0.2, 0) is 16.1 Å². The highest BCUT2D eigenvalue weighted by Gasteiger charge is 2.44. The number of nitrogens with zero attached hydrogens (tertiary/aromatic N) is 2. The fraction of sp³-hybridized carbons (Fsp3) is 0.474. The van der Waals surface area contributed by atoms with Gasteiger partial charge in [0.05, 0.1) is 25.5 Å². The average Bonchev–Trinajstić information content (AvgIpc) is 3.28. The molecule has 1 saturated carbocycles. The van der Waals surface area contributed by atoms with Crippen LogP contribution in [0.3, 0.4) is 0 Å². The maximum atomic E-state index is 13.9. The third kappa shape index (κ3) is 5.48. The molecule has 1 aliphatic heterocycles. The molecule has 7 nitrogen and oxygen atoms in total. The van der Waals surface area contributed by atoms with Crippen molar-refractivity contribution in [2.75, 3.05) is 13.2 Å². The summed E-state index contributed by atoms with van der Waals surface area (Å²) < 4.78 is 62.9. The van der Waals surface area contributed by atoms with Gasteiger partial charge in [-0.3, -0.25) is 4.90 Å². The van der Waals surface area contributed by atoms with E-state index in [0.717, 1.165) is 25.1 Å². The quantitative estimate of drug-likeness (QED) is 0.743. The summed E-state index contributed by atoms with van der Waals surface area (Å²) in [6.45, 7) is 2.16. The second-order valence-corrected chi connectivity index (χ2v) is 6.78. The molecule has 4 rings (SSSR count). The normalized spacial score (nSPS) is 23.9.